The number of aliphatic hydroxyl groups excluding tert-OH is 1. The summed E-state index contributed by atoms with van der Waals surface area (Å²) in [5.41, 5.74) is 1.17. The van der Waals surface area contributed by atoms with Crippen molar-refractivity contribution in [1.82, 2.24) is 0 Å². The standard InChI is InChI=1S/C17H15F2NO3/c1-2-23-17(22)16(21)20-15(11-3-7-13(18)8-4-11)12-5-9-14(19)10-6-12/h3-10,16,21H,2H2,1H3. The number of hydrogen-bond acceptors (Lipinski definition) is 4. The molecule has 120 valence electrons. The molecular formula is C17H15F2NO3. The van der Waals surface area contributed by atoms with Gasteiger partial charge in [0.25, 0.3) is 0 Å². The molecule has 0 aliphatic heterocycles. The minimum atomic E-state index is -1.72. The van der Waals surface area contributed by atoms with Gasteiger partial charge in [0.1, 0.15) is 11.6 Å². The van der Waals surface area contributed by atoms with E-state index in [1.807, 2.05) is 0 Å². The number of aliphatic imine (C=N–C) groups is 1. The number of benzene rings is 2. The maximum atomic E-state index is 13.1. The maximum absolute atomic E-state index is 13.1. The highest BCUT2D eigenvalue weighted by atomic mass is 19.1. The molecule has 1 N–H and O–H groups in total. The van der Waals surface area contributed by atoms with Crippen LogP contribution in [0.2, 0.25) is 0 Å². The molecule has 1 unspecified atom stereocenters. The number of hydrogen-bond donors (Lipinski definition) is 1. The summed E-state index contributed by atoms with van der Waals surface area (Å²) in [6, 6.07) is 10.7. The van der Waals surface area contributed by atoms with Crippen LogP contribution < -0.4 is 0 Å². The Morgan fingerprint density at radius 1 is 1.04 bits per heavy atom. The van der Waals surface area contributed by atoms with Crippen LogP contribution in [-0.2, 0) is 9.53 Å². The summed E-state index contributed by atoms with van der Waals surface area (Å²) >= 11 is 0. The van der Waals surface area contributed by atoms with Gasteiger partial charge in [-0.25, -0.2) is 18.6 Å². The monoisotopic (exact) mass is 319 g/mol. The van der Waals surface area contributed by atoms with E-state index >= 15 is 0 Å². The van der Waals surface area contributed by atoms with Gasteiger partial charge in [-0.3, -0.25) is 0 Å². The molecule has 2 aromatic carbocycles. The molecule has 0 bridgehead atoms. The minimum absolute atomic E-state index is 0.105. The molecule has 4 nitrogen and oxygen atoms in total. The van der Waals surface area contributed by atoms with Crippen molar-refractivity contribution >= 4 is 11.7 Å². The lowest BCUT2D eigenvalue weighted by Crippen LogP contribution is -2.23. The third-order valence-corrected chi connectivity index (χ3v) is 2.98. The molecule has 0 aromatic heterocycles. The largest absolute Gasteiger partial charge is 0.463 e. The zero-order valence-electron chi connectivity index (χ0n) is 12.4. The van der Waals surface area contributed by atoms with Gasteiger partial charge in [-0.2, -0.15) is 0 Å². The van der Waals surface area contributed by atoms with Crippen LogP contribution in [0.5, 0.6) is 0 Å². The summed E-state index contributed by atoms with van der Waals surface area (Å²) < 4.78 is 30.9. The normalized spacial score (nSPS) is 11.7. The average molecular weight is 319 g/mol. The van der Waals surface area contributed by atoms with Gasteiger partial charge in [-0.05, 0) is 55.5 Å². The van der Waals surface area contributed by atoms with E-state index in [0.29, 0.717) is 11.1 Å². The summed E-state index contributed by atoms with van der Waals surface area (Å²) in [6.07, 6.45) is -1.72. The van der Waals surface area contributed by atoms with Gasteiger partial charge in [0.2, 0.25) is 6.23 Å². The summed E-state index contributed by atoms with van der Waals surface area (Å²) in [6.45, 7) is 1.71. The number of carbonyl (C=O) groups is 1. The van der Waals surface area contributed by atoms with Crippen LogP contribution in [0.15, 0.2) is 53.5 Å². The van der Waals surface area contributed by atoms with Crippen molar-refractivity contribution in [2.24, 2.45) is 4.99 Å². The fourth-order valence-electron chi connectivity index (χ4n) is 1.92. The average Bonchev–Trinajstić information content (AvgIpc) is 2.54. The van der Waals surface area contributed by atoms with Crippen LogP contribution in [-0.4, -0.2) is 29.6 Å². The number of nitrogens with zero attached hydrogens (tertiary/aromatic N) is 1. The molecule has 6 heteroatoms. The first-order chi connectivity index (χ1) is 11.0. The Labute approximate surface area is 132 Å². The van der Waals surface area contributed by atoms with E-state index in [0.717, 1.165) is 0 Å². The van der Waals surface area contributed by atoms with Crippen molar-refractivity contribution in [2.75, 3.05) is 6.61 Å². The van der Waals surface area contributed by atoms with Crippen LogP contribution >= 0.6 is 0 Å². The zero-order chi connectivity index (χ0) is 16.8. The molecule has 0 amide bonds. The van der Waals surface area contributed by atoms with Crippen molar-refractivity contribution in [3.05, 3.63) is 71.3 Å². The SMILES string of the molecule is CCOC(=O)C(O)N=C(c1ccc(F)cc1)c1ccc(F)cc1. The summed E-state index contributed by atoms with van der Waals surface area (Å²) in [4.78, 5) is 15.5. The van der Waals surface area contributed by atoms with Crippen molar-refractivity contribution in [3.63, 3.8) is 0 Å². The highest BCUT2D eigenvalue weighted by Gasteiger charge is 2.17. The highest BCUT2D eigenvalue weighted by Crippen LogP contribution is 2.14. The number of esters is 1. The van der Waals surface area contributed by atoms with Gasteiger partial charge in [0.15, 0.2) is 0 Å². The van der Waals surface area contributed by atoms with E-state index in [1.165, 1.54) is 48.5 Å². The van der Waals surface area contributed by atoms with Crippen LogP contribution in [0.25, 0.3) is 0 Å². The first-order valence-electron chi connectivity index (χ1n) is 6.95. The van der Waals surface area contributed by atoms with E-state index in [4.69, 9.17) is 4.74 Å². The zero-order valence-corrected chi connectivity index (χ0v) is 12.4. The second-order valence-electron chi connectivity index (χ2n) is 4.62. The first-order valence-corrected chi connectivity index (χ1v) is 6.95. The Hall–Kier alpha value is -2.60. The Morgan fingerprint density at radius 3 is 1.87 bits per heavy atom. The summed E-state index contributed by atoms with van der Waals surface area (Å²) in [5.74, 6) is -1.76. The van der Waals surface area contributed by atoms with Gasteiger partial charge in [-0.15, -0.1) is 0 Å². The Kier molecular flexibility index (Phi) is 5.54. The van der Waals surface area contributed by atoms with Gasteiger partial charge >= 0.3 is 5.97 Å². The van der Waals surface area contributed by atoms with Gasteiger partial charge in [0.05, 0.1) is 12.3 Å². The molecule has 23 heavy (non-hydrogen) atoms. The lowest BCUT2D eigenvalue weighted by molar-refractivity contribution is -0.152. The van der Waals surface area contributed by atoms with E-state index in [1.54, 1.807) is 6.92 Å². The summed E-state index contributed by atoms with van der Waals surface area (Å²) in [5, 5.41) is 9.84. The maximum Gasteiger partial charge on any atom is 0.358 e. The third-order valence-electron chi connectivity index (χ3n) is 2.98. The Morgan fingerprint density at radius 2 is 1.48 bits per heavy atom. The number of aliphatic hydroxyl groups is 1. The second kappa shape index (κ2) is 7.60. The van der Waals surface area contributed by atoms with E-state index < -0.39 is 23.8 Å². The molecule has 0 spiro atoms. The molecular weight excluding hydrogens is 304 g/mol. The molecule has 0 saturated carbocycles. The van der Waals surface area contributed by atoms with Crippen molar-refractivity contribution in [2.45, 2.75) is 13.2 Å². The molecule has 2 aromatic rings. The number of rotatable bonds is 5. The highest BCUT2D eigenvalue weighted by molar-refractivity contribution is 6.13. The smallest absolute Gasteiger partial charge is 0.358 e. The lowest BCUT2D eigenvalue weighted by Gasteiger charge is -2.11. The van der Waals surface area contributed by atoms with Crippen LogP contribution in [0.3, 0.4) is 0 Å². The molecule has 1 atom stereocenters. The van der Waals surface area contributed by atoms with Crippen molar-refractivity contribution in [1.29, 1.82) is 0 Å². The van der Waals surface area contributed by atoms with Crippen molar-refractivity contribution < 1.29 is 23.4 Å². The minimum Gasteiger partial charge on any atom is -0.463 e. The van der Waals surface area contributed by atoms with Gasteiger partial charge in [0, 0.05) is 11.1 Å². The molecule has 0 fully saturated rings. The first kappa shape index (κ1) is 16.8. The van der Waals surface area contributed by atoms with E-state index in [2.05, 4.69) is 4.99 Å². The predicted octanol–water partition coefficient (Wildman–Crippen LogP) is 2.68. The van der Waals surface area contributed by atoms with Crippen molar-refractivity contribution in [3.8, 4) is 0 Å². The number of ether oxygens (including phenoxy) is 1. The predicted molar refractivity (Wildman–Crippen MR) is 81.1 cm³/mol. The molecule has 2 rings (SSSR count). The quantitative estimate of drug-likeness (QED) is 0.681. The van der Waals surface area contributed by atoms with E-state index in [9.17, 15) is 18.7 Å². The van der Waals surface area contributed by atoms with Gasteiger partial charge in [-0.1, -0.05) is 0 Å². The lowest BCUT2D eigenvalue weighted by atomic mass is 10.0. The second-order valence-corrected chi connectivity index (χ2v) is 4.62. The van der Waals surface area contributed by atoms with E-state index in [-0.39, 0.29) is 12.3 Å². The summed E-state index contributed by atoms with van der Waals surface area (Å²) in [7, 11) is 0. The molecule has 0 heterocycles. The third kappa shape index (κ3) is 4.43. The number of carbonyl (C=O) groups excluding carboxylic acids is 1. The number of halogens is 2. The fourth-order valence-corrected chi connectivity index (χ4v) is 1.92. The fraction of sp³-hybridized carbons (Fsp3) is 0.176. The van der Waals surface area contributed by atoms with Gasteiger partial charge < -0.3 is 9.84 Å². The topological polar surface area (TPSA) is 58.9 Å². The molecule has 0 aliphatic carbocycles. The Bertz CT molecular complexity index is 649. The van der Waals surface area contributed by atoms with Crippen LogP contribution in [0.4, 0.5) is 8.78 Å². The molecule has 0 radical (unpaired) electrons. The van der Waals surface area contributed by atoms with Crippen LogP contribution in [0, 0.1) is 11.6 Å². The molecule has 0 saturated heterocycles. The van der Waals surface area contributed by atoms with Crippen LogP contribution in [0.1, 0.15) is 18.1 Å². The Balaban J connectivity index is 2.44. The molecule has 0 aliphatic rings.